The number of carbonyl (C=O) groups excluding carboxylic acids is 2. The summed E-state index contributed by atoms with van der Waals surface area (Å²) in [5.41, 5.74) is 0. The van der Waals surface area contributed by atoms with Gasteiger partial charge >= 0.3 is 11.9 Å². The summed E-state index contributed by atoms with van der Waals surface area (Å²) in [7, 11) is 1.17. The Hall–Kier alpha value is -3.33. The number of esters is 2. The van der Waals surface area contributed by atoms with Crippen LogP contribution in [0.25, 0.3) is 0 Å². The predicted octanol–water partition coefficient (Wildman–Crippen LogP) is 28.5. The predicted molar refractivity (Wildman–Crippen MR) is 438 cm³/mol. The van der Waals surface area contributed by atoms with Crippen molar-refractivity contribution in [2.45, 2.75) is 412 Å². The van der Waals surface area contributed by atoms with Gasteiger partial charge in [-0.3, -0.25) is 14.2 Å². The molecule has 0 radical (unpaired) electrons. The maximum Gasteiger partial charge on any atom is 0.306 e. The van der Waals surface area contributed by atoms with E-state index in [9.17, 15) is 19.0 Å². The van der Waals surface area contributed by atoms with E-state index in [2.05, 4.69) is 123 Å². The molecule has 0 bridgehead atoms. The lowest BCUT2D eigenvalue weighted by molar-refractivity contribution is -0.870. The van der Waals surface area contributed by atoms with E-state index < -0.39 is 26.5 Å². The second kappa shape index (κ2) is 80.8. The van der Waals surface area contributed by atoms with Crippen molar-refractivity contribution >= 4 is 19.8 Å². The number of likely N-dealkylation sites (N-methyl/N-ethyl adjacent to an activating group) is 1. The van der Waals surface area contributed by atoms with Crippen LogP contribution in [0.2, 0.25) is 0 Å². The molecule has 10 heteroatoms. The highest BCUT2D eigenvalue weighted by Gasteiger charge is 2.22. The third kappa shape index (κ3) is 85.5. The van der Waals surface area contributed by atoms with Gasteiger partial charge in [0.2, 0.25) is 0 Å². The largest absolute Gasteiger partial charge is 0.756 e. The van der Waals surface area contributed by atoms with Gasteiger partial charge in [-0.2, -0.15) is 0 Å². The van der Waals surface area contributed by atoms with Gasteiger partial charge in [-0.1, -0.05) is 419 Å². The van der Waals surface area contributed by atoms with Crippen molar-refractivity contribution in [1.82, 2.24) is 0 Å². The standard InChI is InChI=1S/C91H164NO8P/c1-6-8-10-12-14-16-18-20-22-24-26-28-30-32-34-36-38-40-42-44-45-46-48-49-51-53-55-57-59-61-63-65-67-69-71-73-75-77-79-81-83-90(93)97-87-89(88-99-101(95,96)98-86-85-92(3,4)5)100-91(94)84-82-80-78-76-74-72-70-68-66-64-62-60-58-56-54-52-50-47-43-41-39-37-35-33-31-29-27-25-23-21-19-17-15-13-11-9-7-2/h9,11,15,17,21,23,27,29,33,35,39,41,47,50,54,56,60,62,89H,6-8,10,12-14,16,18-20,22,24-26,28,30-32,34,36-38,40,42-46,48-49,51-53,55,57-59,61,63-88H2,1-5H3/b11-9-,17-15-,23-21-,29-27-,35-33-,41-39-,50-47-,56-54-,62-60-. The average Bonchev–Trinajstić information content (AvgIpc) is 0.958. The summed E-state index contributed by atoms with van der Waals surface area (Å²) in [5.74, 6) is -0.828. The molecular formula is C91H164NO8P. The number of nitrogens with zero attached hydrogens (tertiary/aromatic N) is 1. The SMILES string of the molecule is CC/C=C\C/C=C\C/C=C\C/C=C\C/C=C\C/C=C\C/C=C\C/C=C\C/C=C\CCCCCCCCCCCC(=O)OC(COC(=O)CCCCCCCCCCCCCCCCCCCCCCCCCCCCCCCCCCCCCCCCCC)COP(=O)([O-])OCC[N+](C)(C)C. The molecule has 0 rings (SSSR count). The van der Waals surface area contributed by atoms with Gasteiger partial charge in [-0.15, -0.1) is 0 Å². The minimum Gasteiger partial charge on any atom is -0.756 e. The highest BCUT2D eigenvalue weighted by atomic mass is 31.2. The Bertz CT molecular complexity index is 2080. The second-order valence-electron chi connectivity index (χ2n) is 30.2. The lowest BCUT2D eigenvalue weighted by atomic mass is 10.0. The molecule has 0 aliphatic carbocycles. The van der Waals surface area contributed by atoms with Crippen LogP contribution in [0.3, 0.4) is 0 Å². The van der Waals surface area contributed by atoms with Gasteiger partial charge in [0.1, 0.15) is 19.8 Å². The highest BCUT2D eigenvalue weighted by molar-refractivity contribution is 7.45. The lowest BCUT2D eigenvalue weighted by Crippen LogP contribution is -2.37. The molecule has 0 aromatic heterocycles. The van der Waals surface area contributed by atoms with Crippen LogP contribution >= 0.6 is 7.82 Å². The molecule has 9 nitrogen and oxygen atoms in total. The third-order valence-corrected chi connectivity index (χ3v) is 20.0. The number of ether oxygens (including phenoxy) is 2. The number of hydrogen-bond acceptors (Lipinski definition) is 8. The van der Waals surface area contributed by atoms with E-state index in [4.69, 9.17) is 18.5 Å². The zero-order valence-corrected chi connectivity index (χ0v) is 68.0. The lowest BCUT2D eigenvalue weighted by Gasteiger charge is -2.28. The van der Waals surface area contributed by atoms with Crippen molar-refractivity contribution in [3.05, 3.63) is 109 Å². The number of phosphoric acid groups is 1. The molecule has 2 atom stereocenters. The first-order valence-corrected chi connectivity index (χ1v) is 44.6. The normalized spacial score (nSPS) is 13.5. The number of phosphoric ester groups is 1. The van der Waals surface area contributed by atoms with E-state index in [-0.39, 0.29) is 32.0 Å². The monoisotopic (exact) mass is 1430 g/mol. The average molecular weight is 1430 g/mol. The molecule has 0 saturated carbocycles. The van der Waals surface area contributed by atoms with Crippen LogP contribution in [-0.4, -0.2) is 70.0 Å². The molecule has 2 unspecified atom stereocenters. The summed E-state index contributed by atoms with van der Waals surface area (Å²) in [6.45, 7) is 4.17. The summed E-state index contributed by atoms with van der Waals surface area (Å²) in [6.07, 6.45) is 115. The molecule has 0 fully saturated rings. The molecule has 0 aromatic rings. The molecule has 101 heavy (non-hydrogen) atoms. The van der Waals surface area contributed by atoms with Crippen molar-refractivity contribution in [3.8, 4) is 0 Å². The highest BCUT2D eigenvalue weighted by Crippen LogP contribution is 2.38. The van der Waals surface area contributed by atoms with Crippen LogP contribution in [0.15, 0.2) is 109 Å². The fraction of sp³-hybridized carbons (Fsp3) is 0.780. The first-order chi connectivity index (χ1) is 49.5. The summed E-state index contributed by atoms with van der Waals surface area (Å²) >= 11 is 0. The molecule has 0 aliphatic rings. The molecule has 0 saturated heterocycles. The van der Waals surface area contributed by atoms with Crippen molar-refractivity contribution in [3.63, 3.8) is 0 Å². The molecule has 0 heterocycles. The maximum atomic E-state index is 12.9. The van der Waals surface area contributed by atoms with Crippen LogP contribution in [0.1, 0.15) is 406 Å². The summed E-state index contributed by atoms with van der Waals surface area (Å²) < 4.78 is 34.4. The van der Waals surface area contributed by atoms with E-state index in [0.717, 1.165) is 103 Å². The van der Waals surface area contributed by atoms with E-state index >= 15 is 0 Å². The van der Waals surface area contributed by atoms with Crippen LogP contribution in [0.5, 0.6) is 0 Å². The van der Waals surface area contributed by atoms with Crippen LogP contribution < -0.4 is 4.89 Å². The second-order valence-corrected chi connectivity index (χ2v) is 31.6. The third-order valence-electron chi connectivity index (χ3n) is 19.1. The Labute approximate surface area is 626 Å². The Morgan fingerprint density at radius 2 is 0.564 bits per heavy atom. The molecule has 0 amide bonds. The first kappa shape index (κ1) is 97.7. The number of unbranched alkanes of at least 4 members (excludes halogenated alkanes) is 48. The van der Waals surface area contributed by atoms with Gasteiger partial charge in [-0.25, -0.2) is 0 Å². The molecular weight excluding hydrogens is 1270 g/mol. The maximum absolute atomic E-state index is 12.9. The van der Waals surface area contributed by atoms with Gasteiger partial charge in [0.05, 0.1) is 27.7 Å². The number of rotatable bonds is 80. The Balaban J connectivity index is 3.94. The first-order valence-electron chi connectivity index (χ1n) is 43.1. The van der Waals surface area contributed by atoms with Gasteiger partial charge in [0, 0.05) is 12.8 Å². The minimum absolute atomic E-state index is 0.0348. The minimum atomic E-state index is -4.65. The fourth-order valence-corrected chi connectivity index (χ4v) is 13.3. The van der Waals surface area contributed by atoms with Crippen molar-refractivity contribution < 1.29 is 42.1 Å². The van der Waals surface area contributed by atoms with Crippen LogP contribution in [-0.2, 0) is 32.7 Å². The molecule has 0 aromatic carbocycles. The van der Waals surface area contributed by atoms with Crippen molar-refractivity contribution in [2.24, 2.45) is 0 Å². The van der Waals surface area contributed by atoms with E-state index in [1.165, 1.54) is 270 Å². The summed E-state index contributed by atoms with van der Waals surface area (Å²) in [5, 5.41) is 0. The summed E-state index contributed by atoms with van der Waals surface area (Å²) in [4.78, 5) is 38.2. The molecule has 0 N–H and O–H groups in total. The van der Waals surface area contributed by atoms with Crippen LogP contribution in [0, 0.1) is 0 Å². The van der Waals surface area contributed by atoms with E-state index in [1.807, 2.05) is 21.1 Å². The van der Waals surface area contributed by atoms with Crippen molar-refractivity contribution in [1.29, 1.82) is 0 Å². The zero-order valence-electron chi connectivity index (χ0n) is 67.1. The molecule has 586 valence electrons. The van der Waals surface area contributed by atoms with Gasteiger partial charge < -0.3 is 27.9 Å². The zero-order chi connectivity index (χ0) is 73.3. The Morgan fingerprint density at radius 1 is 0.317 bits per heavy atom. The van der Waals surface area contributed by atoms with Crippen molar-refractivity contribution in [2.75, 3.05) is 47.5 Å². The number of allylic oxidation sites excluding steroid dienone is 18. The van der Waals surface area contributed by atoms with E-state index in [1.54, 1.807) is 0 Å². The number of quaternary nitrogens is 1. The number of hydrogen-bond donors (Lipinski definition) is 0. The van der Waals surface area contributed by atoms with Gasteiger partial charge in [0.25, 0.3) is 7.82 Å². The topological polar surface area (TPSA) is 111 Å². The fourth-order valence-electron chi connectivity index (χ4n) is 12.5. The van der Waals surface area contributed by atoms with E-state index in [0.29, 0.717) is 17.4 Å². The Morgan fingerprint density at radius 3 is 0.842 bits per heavy atom. The van der Waals surface area contributed by atoms with Gasteiger partial charge in [0.15, 0.2) is 6.10 Å². The quantitative estimate of drug-likeness (QED) is 0.0195. The smallest absolute Gasteiger partial charge is 0.306 e. The number of carbonyl (C=O) groups is 2. The molecule has 0 aliphatic heterocycles. The van der Waals surface area contributed by atoms with Gasteiger partial charge in [-0.05, 0) is 83.5 Å². The van der Waals surface area contributed by atoms with Crippen LogP contribution in [0.4, 0.5) is 0 Å². The summed E-state index contributed by atoms with van der Waals surface area (Å²) in [6, 6.07) is 0. The molecule has 0 spiro atoms. The Kier molecular flexibility index (Phi) is 78.1.